The molecule has 0 aliphatic carbocycles. The lowest BCUT2D eigenvalue weighted by Crippen LogP contribution is -2.06. The van der Waals surface area contributed by atoms with Gasteiger partial charge in [0.1, 0.15) is 0 Å². The van der Waals surface area contributed by atoms with Crippen LogP contribution in [0.25, 0.3) is 0 Å². The smallest absolute Gasteiger partial charge is 0.277 e. The summed E-state index contributed by atoms with van der Waals surface area (Å²) in [6.45, 7) is 0. The Balaban J connectivity index is 2.19. The number of alkyl halides is 3. The predicted molar refractivity (Wildman–Crippen MR) is 73.9 cm³/mol. The molecule has 0 bridgehead atoms. The lowest BCUT2D eigenvalue weighted by Gasteiger charge is -2.08. The van der Waals surface area contributed by atoms with Crippen LogP contribution in [-0.2, 0) is 6.18 Å². The highest BCUT2D eigenvalue weighted by Crippen LogP contribution is 2.29. The van der Waals surface area contributed by atoms with Crippen LogP contribution in [0.3, 0.4) is 0 Å². The highest BCUT2D eigenvalue weighted by atomic mass is 35.5. The van der Waals surface area contributed by atoms with Crippen LogP contribution in [0, 0.1) is 0 Å². The molecule has 0 aliphatic rings. The molecule has 0 atom stereocenters. The van der Waals surface area contributed by atoms with E-state index in [1.807, 2.05) is 6.07 Å². The fourth-order valence-corrected chi connectivity index (χ4v) is 1.67. The summed E-state index contributed by atoms with van der Waals surface area (Å²) in [6.07, 6.45) is -4.40. The molecule has 2 nitrogen and oxygen atoms in total. The first-order valence-electron chi connectivity index (χ1n) is 5.69. The van der Waals surface area contributed by atoms with Gasteiger partial charge in [0.2, 0.25) is 0 Å². The zero-order valence-corrected chi connectivity index (χ0v) is 10.9. The van der Waals surface area contributed by atoms with Gasteiger partial charge in [0.15, 0.2) is 5.17 Å². The third kappa shape index (κ3) is 3.74. The molecular formula is C14H10ClF3N2. The van der Waals surface area contributed by atoms with E-state index in [2.05, 4.69) is 10.5 Å². The highest BCUT2D eigenvalue weighted by molar-refractivity contribution is 6.69. The minimum atomic E-state index is -4.40. The molecule has 20 heavy (non-hydrogen) atoms. The summed E-state index contributed by atoms with van der Waals surface area (Å²) in [5.41, 5.74) is 2.81. The van der Waals surface area contributed by atoms with Crippen molar-refractivity contribution < 1.29 is 13.2 Å². The first-order valence-corrected chi connectivity index (χ1v) is 6.06. The van der Waals surface area contributed by atoms with E-state index in [-0.39, 0.29) is 10.7 Å². The van der Waals surface area contributed by atoms with Crippen molar-refractivity contribution in [3.05, 3.63) is 65.7 Å². The molecular weight excluding hydrogens is 289 g/mol. The van der Waals surface area contributed by atoms with E-state index in [9.17, 15) is 13.2 Å². The lowest BCUT2D eigenvalue weighted by molar-refractivity contribution is -0.137. The third-order valence-electron chi connectivity index (χ3n) is 2.49. The van der Waals surface area contributed by atoms with Crippen molar-refractivity contribution >= 4 is 22.5 Å². The van der Waals surface area contributed by atoms with Gasteiger partial charge in [-0.15, -0.1) is 0 Å². The molecule has 0 saturated carbocycles. The highest BCUT2D eigenvalue weighted by Gasteiger charge is 2.30. The van der Waals surface area contributed by atoms with E-state index in [1.54, 1.807) is 24.3 Å². The van der Waals surface area contributed by atoms with Gasteiger partial charge in [-0.3, -0.25) is 5.43 Å². The van der Waals surface area contributed by atoms with Crippen molar-refractivity contribution in [3.8, 4) is 0 Å². The molecule has 0 heterocycles. The zero-order valence-electron chi connectivity index (χ0n) is 10.2. The Labute approximate surface area is 118 Å². The van der Waals surface area contributed by atoms with E-state index in [1.165, 1.54) is 12.1 Å². The number of benzene rings is 2. The Hall–Kier alpha value is -2.01. The molecule has 0 aromatic heterocycles. The molecule has 0 amide bonds. The van der Waals surface area contributed by atoms with Crippen molar-refractivity contribution in [1.82, 2.24) is 0 Å². The first kappa shape index (κ1) is 14.4. The van der Waals surface area contributed by atoms with E-state index in [0.717, 1.165) is 12.1 Å². The lowest BCUT2D eigenvalue weighted by atomic mass is 10.1. The van der Waals surface area contributed by atoms with Crippen LogP contribution in [0.4, 0.5) is 18.9 Å². The standard InChI is InChI=1S/C14H10ClF3N2/c15-13(20-19-12-7-2-1-3-8-12)10-5-4-6-11(9-10)14(16,17)18/h1-9,19H/b20-13-. The van der Waals surface area contributed by atoms with Gasteiger partial charge in [-0.25, -0.2) is 0 Å². The van der Waals surface area contributed by atoms with Crippen LogP contribution in [0.5, 0.6) is 0 Å². The number of hydrazone groups is 1. The number of para-hydroxylation sites is 1. The fraction of sp³-hybridized carbons (Fsp3) is 0.0714. The second kappa shape index (κ2) is 5.96. The van der Waals surface area contributed by atoms with Gasteiger partial charge in [0.05, 0.1) is 11.3 Å². The third-order valence-corrected chi connectivity index (χ3v) is 2.79. The number of nitrogens with zero attached hydrogens (tertiary/aromatic N) is 1. The Morgan fingerprint density at radius 1 is 1.00 bits per heavy atom. The largest absolute Gasteiger partial charge is 0.416 e. The molecule has 104 valence electrons. The van der Waals surface area contributed by atoms with Crippen molar-refractivity contribution in [1.29, 1.82) is 0 Å². The van der Waals surface area contributed by atoms with Crippen molar-refractivity contribution in [2.24, 2.45) is 5.10 Å². The molecule has 1 N–H and O–H groups in total. The topological polar surface area (TPSA) is 24.4 Å². The van der Waals surface area contributed by atoms with Gasteiger partial charge in [0, 0.05) is 5.56 Å². The van der Waals surface area contributed by atoms with Gasteiger partial charge in [-0.2, -0.15) is 18.3 Å². The minimum absolute atomic E-state index is 0.0417. The number of anilines is 1. The molecule has 0 radical (unpaired) electrons. The van der Waals surface area contributed by atoms with Crippen molar-refractivity contribution in [2.75, 3.05) is 5.43 Å². The average molecular weight is 299 g/mol. The summed E-state index contributed by atoms with van der Waals surface area (Å²) < 4.78 is 37.8. The summed E-state index contributed by atoms with van der Waals surface area (Å²) in [6, 6.07) is 13.7. The normalized spacial score (nSPS) is 12.3. The summed E-state index contributed by atoms with van der Waals surface area (Å²) in [5, 5.41) is 3.81. The minimum Gasteiger partial charge on any atom is -0.277 e. The van der Waals surface area contributed by atoms with Crippen molar-refractivity contribution in [2.45, 2.75) is 6.18 Å². The van der Waals surface area contributed by atoms with Crippen LogP contribution in [0.15, 0.2) is 59.7 Å². The summed E-state index contributed by atoms with van der Waals surface area (Å²) >= 11 is 5.90. The monoisotopic (exact) mass is 298 g/mol. The van der Waals surface area contributed by atoms with E-state index >= 15 is 0 Å². The quantitative estimate of drug-likeness (QED) is 0.643. The molecule has 0 aliphatic heterocycles. The van der Waals surface area contributed by atoms with Gasteiger partial charge in [-0.1, -0.05) is 41.9 Å². The molecule has 0 spiro atoms. The van der Waals surface area contributed by atoms with Crippen molar-refractivity contribution in [3.63, 3.8) is 0 Å². The number of nitrogens with one attached hydrogen (secondary N) is 1. The van der Waals surface area contributed by atoms with E-state index in [0.29, 0.717) is 5.69 Å². The van der Waals surface area contributed by atoms with Crippen LogP contribution in [0.2, 0.25) is 0 Å². The van der Waals surface area contributed by atoms with E-state index in [4.69, 9.17) is 11.6 Å². The number of halogens is 4. The Morgan fingerprint density at radius 3 is 2.35 bits per heavy atom. The molecule has 0 saturated heterocycles. The Morgan fingerprint density at radius 2 is 1.70 bits per heavy atom. The second-order valence-electron chi connectivity index (χ2n) is 3.96. The zero-order chi connectivity index (χ0) is 14.6. The Kier molecular flexibility index (Phi) is 4.29. The molecule has 6 heteroatoms. The Bertz CT molecular complexity index is 609. The average Bonchev–Trinajstić information content (AvgIpc) is 2.45. The van der Waals surface area contributed by atoms with Gasteiger partial charge >= 0.3 is 6.18 Å². The number of hydrogen-bond acceptors (Lipinski definition) is 2. The molecule has 2 rings (SSSR count). The maximum absolute atomic E-state index is 12.6. The van der Waals surface area contributed by atoms with Crippen LogP contribution in [-0.4, -0.2) is 5.17 Å². The first-order chi connectivity index (χ1) is 9.47. The molecule has 0 fully saturated rings. The van der Waals surface area contributed by atoms with Gasteiger partial charge < -0.3 is 0 Å². The summed E-state index contributed by atoms with van der Waals surface area (Å²) in [5.74, 6) is 0. The number of hydrogen-bond donors (Lipinski definition) is 1. The SMILES string of the molecule is FC(F)(F)c1cccc(/C(Cl)=N/Nc2ccccc2)c1. The summed E-state index contributed by atoms with van der Waals surface area (Å²) in [7, 11) is 0. The van der Waals surface area contributed by atoms with Crippen LogP contribution < -0.4 is 5.43 Å². The molecule has 2 aromatic carbocycles. The fourth-order valence-electron chi connectivity index (χ4n) is 1.51. The predicted octanol–water partition coefficient (Wildman–Crippen LogP) is 4.72. The van der Waals surface area contributed by atoms with Crippen LogP contribution in [0.1, 0.15) is 11.1 Å². The molecule has 2 aromatic rings. The van der Waals surface area contributed by atoms with Gasteiger partial charge in [-0.05, 0) is 24.3 Å². The van der Waals surface area contributed by atoms with Gasteiger partial charge in [0.25, 0.3) is 0 Å². The second-order valence-corrected chi connectivity index (χ2v) is 4.32. The number of rotatable bonds is 3. The van der Waals surface area contributed by atoms with E-state index < -0.39 is 11.7 Å². The van der Waals surface area contributed by atoms with Crippen LogP contribution >= 0.6 is 11.6 Å². The maximum atomic E-state index is 12.6. The summed E-state index contributed by atoms with van der Waals surface area (Å²) in [4.78, 5) is 0. The maximum Gasteiger partial charge on any atom is 0.416 e. The molecule has 0 unspecified atom stereocenters.